The van der Waals surface area contributed by atoms with Crippen LogP contribution < -0.4 is 0 Å². The van der Waals surface area contributed by atoms with E-state index in [0.29, 0.717) is 18.9 Å². The molecule has 0 saturated heterocycles. The van der Waals surface area contributed by atoms with E-state index in [4.69, 9.17) is 5.11 Å². The Morgan fingerprint density at radius 2 is 1.81 bits per heavy atom. The molecule has 21 heavy (non-hydrogen) atoms. The van der Waals surface area contributed by atoms with Gasteiger partial charge in [-0.3, -0.25) is 0 Å². The Labute approximate surface area is 123 Å². The number of nitrogens with zero attached hydrogens (tertiary/aromatic N) is 1. The van der Waals surface area contributed by atoms with Crippen LogP contribution >= 0.6 is 0 Å². The lowest BCUT2D eigenvalue weighted by Gasteiger charge is -2.33. The van der Waals surface area contributed by atoms with Gasteiger partial charge in [0.05, 0.1) is 4.90 Å². The van der Waals surface area contributed by atoms with Crippen LogP contribution in [0, 0.1) is 17.6 Å². The molecule has 0 spiro atoms. The molecule has 1 aromatic rings. The lowest BCUT2D eigenvalue weighted by atomic mass is 9.87. The molecule has 0 amide bonds. The van der Waals surface area contributed by atoms with Crippen LogP contribution in [-0.4, -0.2) is 37.5 Å². The normalized spacial score (nSPS) is 23.5. The molecule has 1 aliphatic carbocycles. The highest BCUT2D eigenvalue weighted by Crippen LogP contribution is 2.30. The first-order valence-electron chi connectivity index (χ1n) is 6.90. The van der Waals surface area contributed by atoms with Gasteiger partial charge in [-0.25, -0.2) is 17.2 Å². The van der Waals surface area contributed by atoms with Gasteiger partial charge in [-0.15, -0.1) is 0 Å². The summed E-state index contributed by atoms with van der Waals surface area (Å²) in [4.78, 5) is -0.242. The molecule has 1 fully saturated rings. The van der Waals surface area contributed by atoms with Gasteiger partial charge in [0.1, 0.15) is 0 Å². The Kier molecular flexibility index (Phi) is 4.95. The molecule has 0 radical (unpaired) electrons. The van der Waals surface area contributed by atoms with E-state index in [-0.39, 0.29) is 23.5 Å². The van der Waals surface area contributed by atoms with E-state index >= 15 is 0 Å². The Morgan fingerprint density at radius 1 is 1.19 bits per heavy atom. The van der Waals surface area contributed by atoms with Gasteiger partial charge in [-0.1, -0.05) is 0 Å². The van der Waals surface area contributed by atoms with E-state index in [9.17, 15) is 17.2 Å². The summed E-state index contributed by atoms with van der Waals surface area (Å²) in [7, 11) is -2.38. The van der Waals surface area contributed by atoms with Crippen LogP contribution in [0.2, 0.25) is 0 Å². The molecule has 0 atom stereocenters. The van der Waals surface area contributed by atoms with Crippen LogP contribution in [0.4, 0.5) is 8.78 Å². The molecule has 4 nitrogen and oxygen atoms in total. The van der Waals surface area contributed by atoms with Gasteiger partial charge in [0.25, 0.3) is 0 Å². The zero-order valence-corrected chi connectivity index (χ0v) is 12.6. The number of aliphatic hydroxyl groups is 1. The van der Waals surface area contributed by atoms with Gasteiger partial charge >= 0.3 is 0 Å². The summed E-state index contributed by atoms with van der Waals surface area (Å²) in [6, 6.07) is 2.42. The Morgan fingerprint density at radius 3 is 2.33 bits per heavy atom. The number of aliphatic hydroxyl groups excluding tert-OH is 1. The summed E-state index contributed by atoms with van der Waals surface area (Å²) >= 11 is 0. The molecule has 1 saturated carbocycles. The van der Waals surface area contributed by atoms with Crippen LogP contribution in [0.25, 0.3) is 0 Å². The van der Waals surface area contributed by atoms with Crippen molar-refractivity contribution in [1.82, 2.24) is 4.31 Å². The molecule has 118 valence electrons. The molecule has 0 heterocycles. The molecular formula is C14H19F2NO3S. The zero-order chi connectivity index (χ0) is 15.6. The summed E-state index contributed by atoms with van der Waals surface area (Å²) in [5.74, 6) is -2.02. The molecule has 0 bridgehead atoms. The maximum absolute atomic E-state index is 13.2. The monoisotopic (exact) mass is 319 g/mol. The second kappa shape index (κ2) is 6.37. The van der Waals surface area contributed by atoms with E-state index in [2.05, 4.69) is 0 Å². The highest BCUT2D eigenvalue weighted by Gasteiger charge is 2.31. The smallest absolute Gasteiger partial charge is 0.243 e. The summed E-state index contributed by atoms with van der Waals surface area (Å²) in [6.45, 7) is 0.117. The fraction of sp³-hybridized carbons (Fsp3) is 0.571. The highest BCUT2D eigenvalue weighted by molar-refractivity contribution is 7.89. The van der Waals surface area contributed by atoms with Gasteiger partial charge < -0.3 is 5.11 Å². The minimum atomic E-state index is -3.84. The van der Waals surface area contributed by atoms with Crippen molar-refractivity contribution in [3.8, 4) is 0 Å². The SMILES string of the molecule is CN(C1CCC(CO)CC1)S(=O)(=O)c1ccc(F)c(F)c1. The fourth-order valence-electron chi connectivity index (χ4n) is 2.69. The number of rotatable bonds is 4. The van der Waals surface area contributed by atoms with E-state index in [1.165, 1.54) is 11.4 Å². The van der Waals surface area contributed by atoms with Crippen molar-refractivity contribution in [2.45, 2.75) is 36.6 Å². The largest absolute Gasteiger partial charge is 0.396 e. The second-order valence-electron chi connectivity index (χ2n) is 5.45. The topological polar surface area (TPSA) is 57.6 Å². The van der Waals surface area contributed by atoms with Crippen molar-refractivity contribution in [2.75, 3.05) is 13.7 Å². The predicted molar refractivity (Wildman–Crippen MR) is 74.1 cm³/mol. The molecule has 0 aliphatic heterocycles. The maximum atomic E-state index is 13.2. The first-order valence-corrected chi connectivity index (χ1v) is 8.34. The van der Waals surface area contributed by atoms with Crippen LogP contribution in [0.5, 0.6) is 0 Å². The number of hydrogen-bond donors (Lipinski definition) is 1. The molecule has 0 unspecified atom stereocenters. The Hall–Kier alpha value is -1.05. The van der Waals surface area contributed by atoms with Crippen molar-refractivity contribution in [3.63, 3.8) is 0 Å². The van der Waals surface area contributed by atoms with E-state index in [0.717, 1.165) is 25.0 Å². The zero-order valence-electron chi connectivity index (χ0n) is 11.8. The summed E-state index contributed by atoms with van der Waals surface area (Å²) in [5, 5.41) is 9.10. The van der Waals surface area contributed by atoms with Gasteiger partial charge in [-0.2, -0.15) is 4.31 Å². The first-order chi connectivity index (χ1) is 9.86. The van der Waals surface area contributed by atoms with Gasteiger partial charge in [-0.05, 0) is 49.8 Å². The third kappa shape index (κ3) is 3.41. The molecule has 0 aromatic heterocycles. The molecule has 2 rings (SSSR count). The second-order valence-corrected chi connectivity index (χ2v) is 7.45. The summed E-state index contributed by atoms with van der Waals surface area (Å²) in [5.41, 5.74) is 0. The van der Waals surface area contributed by atoms with Crippen LogP contribution in [-0.2, 0) is 10.0 Å². The third-order valence-electron chi connectivity index (χ3n) is 4.16. The third-order valence-corrected chi connectivity index (χ3v) is 6.06. The van der Waals surface area contributed by atoms with Gasteiger partial charge in [0.2, 0.25) is 10.0 Å². The van der Waals surface area contributed by atoms with Crippen molar-refractivity contribution >= 4 is 10.0 Å². The maximum Gasteiger partial charge on any atom is 0.243 e. The molecule has 1 N–H and O–H groups in total. The number of benzene rings is 1. The lowest BCUT2D eigenvalue weighted by Crippen LogP contribution is -2.39. The highest BCUT2D eigenvalue weighted by atomic mass is 32.2. The van der Waals surface area contributed by atoms with Gasteiger partial charge in [0.15, 0.2) is 11.6 Å². The first kappa shape index (κ1) is 16.3. The summed E-state index contributed by atoms with van der Waals surface area (Å²) in [6.07, 6.45) is 2.84. The molecule has 1 aromatic carbocycles. The minimum Gasteiger partial charge on any atom is -0.396 e. The number of halogens is 2. The van der Waals surface area contributed by atoms with Crippen molar-refractivity contribution in [3.05, 3.63) is 29.8 Å². The molecule has 1 aliphatic rings. The summed E-state index contributed by atoms with van der Waals surface area (Å²) < 4.78 is 52.2. The molecule has 7 heteroatoms. The Bertz CT molecular complexity index is 598. The van der Waals surface area contributed by atoms with Crippen LogP contribution in [0.3, 0.4) is 0 Å². The lowest BCUT2D eigenvalue weighted by molar-refractivity contribution is 0.159. The van der Waals surface area contributed by atoms with Gasteiger partial charge in [0, 0.05) is 19.7 Å². The molecular weight excluding hydrogens is 300 g/mol. The van der Waals surface area contributed by atoms with E-state index < -0.39 is 21.7 Å². The average Bonchev–Trinajstić information content (AvgIpc) is 2.49. The minimum absolute atomic E-state index is 0.117. The standard InChI is InChI=1S/C14H19F2NO3S/c1-17(11-4-2-10(9-18)3-5-11)21(19,20)12-6-7-13(15)14(16)8-12/h6-8,10-11,18H,2-5,9H2,1H3. The van der Waals surface area contributed by atoms with Crippen LogP contribution in [0.1, 0.15) is 25.7 Å². The Balaban J connectivity index is 2.17. The van der Waals surface area contributed by atoms with E-state index in [1.54, 1.807) is 0 Å². The quantitative estimate of drug-likeness (QED) is 0.925. The number of sulfonamides is 1. The van der Waals surface area contributed by atoms with Crippen molar-refractivity contribution in [1.29, 1.82) is 0 Å². The predicted octanol–water partition coefficient (Wildman–Crippen LogP) is 2.14. The van der Waals surface area contributed by atoms with E-state index in [1.807, 2.05) is 0 Å². The number of hydrogen-bond acceptors (Lipinski definition) is 3. The van der Waals surface area contributed by atoms with Crippen LogP contribution in [0.15, 0.2) is 23.1 Å². The van der Waals surface area contributed by atoms with Crippen molar-refractivity contribution in [2.24, 2.45) is 5.92 Å². The fourth-order valence-corrected chi connectivity index (χ4v) is 4.12. The average molecular weight is 319 g/mol. The van der Waals surface area contributed by atoms with Crippen molar-refractivity contribution < 1.29 is 22.3 Å².